The molecular weight excluding hydrogens is 398 g/mol. The average Bonchev–Trinajstić information content (AvgIpc) is 2.51. The maximum atomic E-state index is 12.9. The Labute approximate surface area is 153 Å². The number of nitrogens with zero attached hydrogens (tertiary/aromatic N) is 1. The van der Waals surface area contributed by atoms with E-state index >= 15 is 0 Å². The smallest absolute Gasteiger partial charge is 0.272 e. The Kier molecular flexibility index (Phi) is 5.73. The number of sulfonamides is 1. The first kappa shape index (κ1) is 18.6. The average molecular weight is 406 g/mol. The standard InChI is InChI=1S/C15H8Cl3FN2O2S/c16-10-5-9(15(18)14(17)7-10)6-13(8-20)24(22,23)21-12-3-1-11(19)2-4-12/h1-7,21H. The van der Waals surface area contributed by atoms with Crippen LogP contribution in [0.5, 0.6) is 0 Å². The SMILES string of the molecule is N#CC(=Cc1cc(Cl)cc(Cl)c1Cl)S(=O)(=O)Nc1ccc(F)cc1. The molecule has 0 saturated carbocycles. The molecule has 0 spiro atoms. The maximum Gasteiger partial charge on any atom is 0.272 e. The van der Waals surface area contributed by atoms with Crippen LogP contribution in [0.1, 0.15) is 5.56 Å². The van der Waals surface area contributed by atoms with Gasteiger partial charge in [-0.3, -0.25) is 4.72 Å². The monoisotopic (exact) mass is 404 g/mol. The maximum absolute atomic E-state index is 12.9. The van der Waals surface area contributed by atoms with Gasteiger partial charge in [0.15, 0.2) is 4.91 Å². The minimum atomic E-state index is -4.20. The molecule has 2 aromatic carbocycles. The molecule has 0 amide bonds. The van der Waals surface area contributed by atoms with Crippen LogP contribution in [0.2, 0.25) is 15.1 Å². The van der Waals surface area contributed by atoms with Gasteiger partial charge in [0.2, 0.25) is 0 Å². The molecule has 124 valence electrons. The van der Waals surface area contributed by atoms with Gasteiger partial charge >= 0.3 is 0 Å². The highest BCUT2D eigenvalue weighted by Gasteiger charge is 2.19. The van der Waals surface area contributed by atoms with Gasteiger partial charge in [-0.2, -0.15) is 5.26 Å². The molecule has 2 aromatic rings. The van der Waals surface area contributed by atoms with Gasteiger partial charge in [-0.15, -0.1) is 0 Å². The van der Waals surface area contributed by atoms with Crippen LogP contribution in [-0.4, -0.2) is 8.42 Å². The van der Waals surface area contributed by atoms with E-state index in [1.165, 1.54) is 24.3 Å². The largest absolute Gasteiger partial charge is 0.279 e. The van der Waals surface area contributed by atoms with E-state index in [0.717, 1.165) is 18.2 Å². The Morgan fingerprint density at radius 3 is 2.38 bits per heavy atom. The molecule has 24 heavy (non-hydrogen) atoms. The molecule has 1 N–H and O–H groups in total. The normalized spacial score (nSPS) is 11.9. The molecule has 0 aliphatic rings. The van der Waals surface area contributed by atoms with E-state index in [4.69, 9.17) is 40.1 Å². The molecule has 2 rings (SSSR count). The van der Waals surface area contributed by atoms with E-state index < -0.39 is 20.7 Å². The molecule has 0 aliphatic heterocycles. The third-order valence-electron chi connectivity index (χ3n) is 2.80. The number of allylic oxidation sites excluding steroid dienone is 1. The van der Waals surface area contributed by atoms with E-state index in [0.29, 0.717) is 0 Å². The number of nitriles is 1. The lowest BCUT2D eigenvalue weighted by Crippen LogP contribution is -2.14. The fraction of sp³-hybridized carbons (Fsp3) is 0. The lowest BCUT2D eigenvalue weighted by molar-refractivity contribution is 0.608. The number of hydrogen-bond acceptors (Lipinski definition) is 3. The van der Waals surface area contributed by atoms with Crippen LogP contribution >= 0.6 is 34.8 Å². The minimum Gasteiger partial charge on any atom is -0.279 e. The first-order chi connectivity index (χ1) is 11.2. The lowest BCUT2D eigenvalue weighted by Gasteiger charge is -2.08. The fourth-order valence-corrected chi connectivity index (χ4v) is 3.35. The third kappa shape index (κ3) is 4.40. The molecule has 0 aromatic heterocycles. The number of hydrogen-bond donors (Lipinski definition) is 1. The quantitative estimate of drug-likeness (QED) is 0.569. The fourth-order valence-electron chi connectivity index (χ4n) is 1.72. The van der Waals surface area contributed by atoms with Crippen molar-refractivity contribution in [1.82, 2.24) is 0 Å². The van der Waals surface area contributed by atoms with Crippen molar-refractivity contribution < 1.29 is 12.8 Å². The third-order valence-corrected chi connectivity index (χ3v) is 5.13. The van der Waals surface area contributed by atoms with Crippen molar-refractivity contribution in [3.63, 3.8) is 0 Å². The van der Waals surface area contributed by atoms with E-state index in [-0.39, 0.29) is 26.3 Å². The predicted octanol–water partition coefficient (Wildman–Crippen LogP) is 5.09. The molecule has 0 atom stereocenters. The summed E-state index contributed by atoms with van der Waals surface area (Å²) in [6.45, 7) is 0. The van der Waals surface area contributed by atoms with E-state index in [9.17, 15) is 12.8 Å². The summed E-state index contributed by atoms with van der Waals surface area (Å²) in [6, 6.07) is 8.97. The molecular formula is C15H8Cl3FN2O2S. The number of anilines is 1. The number of benzene rings is 2. The second-order valence-corrected chi connectivity index (χ2v) is 7.40. The van der Waals surface area contributed by atoms with Gasteiger partial charge in [0.05, 0.1) is 10.0 Å². The summed E-state index contributed by atoms with van der Waals surface area (Å²) in [5.74, 6) is -0.519. The van der Waals surface area contributed by atoms with Crippen LogP contribution in [0.3, 0.4) is 0 Å². The highest BCUT2D eigenvalue weighted by molar-refractivity contribution is 7.96. The Morgan fingerprint density at radius 1 is 1.17 bits per heavy atom. The highest BCUT2D eigenvalue weighted by atomic mass is 35.5. The van der Waals surface area contributed by atoms with Gasteiger partial charge in [-0.25, -0.2) is 12.8 Å². The molecule has 0 unspecified atom stereocenters. The summed E-state index contributed by atoms with van der Waals surface area (Å²) in [4.78, 5) is -0.605. The predicted molar refractivity (Wildman–Crippen MR) is 94.0 cm³/mol. The van der Waals surface area contributed by atoms with E-state index in [2.05, 4.69) is 4.72 Å². The van der Waals surface area contributed by atoms with Crippen molar-refractivity contribution in [2.24, 2.45) is 0 Å². The number of halogens is 4. The lowest BCUT2D eigenvalue weighted by atomic mass is 10.2. The van der Waals surface area contributed by atoms with Gasteiger partial charge in [0, 0.05) is 10.7 Å². The molecule has 0 fully saturated rings. The van der Waals surface area contributed by atoms with Gasteiger partial charge in [0.25, 0.3) is 10.0 Å². The van der Waals surface area contributed by atoms with Crippen LogP contribution in [0.4, 0.5) is 10.1 Å². The molecule has 4 nitrogen and oxygen atoms in total. The number of nitrogens with one attached hydrogen (secondary N) is 1. The summed E-state index contributed by atoms with van der Waals surface area (Å²) in [5.41, 5.74) is 0.281. The zero-order valence-electron chi connectivity index (χ0n) is 11.7. The zero-order chi connectivity index (χ0) is 17.9. The van der Waals surface area contributed by atoms with Crippen LogP contribution in [0, 0.1) is 17.1 Å². The van der Waals surface area contributed by atoms with Gasteiger partial charge in [-0.05, 0) is 48.0 Å². The Balaban J connectivity index is 2.43. The van der Waals surface area contributed by atoms with Gasteiger partial charge < -0.3 is 0 Å². The zero-order valence-corrected chi connectivity index (χ0v) is 14.8. The first-order valence-corrected chi connectivity index (χ1v) is 8.89. The van der Waals surface area contributed by atoms with Crippen LogP contribution in [-0.2, 0) is 10.0 Å². The van der Waals surface area contributed by atoms with Crippen molar-refractivity contribution in [1.29, 1.82) is 5.26 Å². The highest BCUT2D eigenvalue weighted by Crippen LogP contribution is 2.31. The summed E-state index contributed by atoms with van der Waals surface area (Å²) >= 11 is 17.7. The molecule has 0 heterocycles. The van der Waals surface area contributed by atoms with Crippen LogP contribution < -0.4 is 4.72 Å². The Bertz CT molecular complexity index is 952. The summed E-state index contributed by atoms with van der Waals surface area (Å²) < 4.78 is 39.6. The van der Waals surface area contributed by atoms with Crippen LogP contribution in [0.25, 0.3) is 6.08 Å². The van der Waals surface area contributed by atoms with Crippen molar-refractivity contribution in [2.75, 3.05) is 4.72 Å². The summed E-state index contributed by atoms with van der Waals surface area (Å²) in [7, 11) is -4.20. The van der Waals surface area contributed by atoms with Gasteiger partial charge in [0.1, 0.15) is 11.9 Å². The van der Waals surface area contributed by atoms with E-state index in [1.807, 2.05) is 0 Å². The number of rotatable bonds is 4. The summed E-state index contributed by atoms with van der Waals surface area (Å²) in [6.07, 6.45) is 1.05. The van der Waals surface area contributed by atoms with E-state index in [1.54, 1.807) is 6.07 Å². The van der Waals surface area contributed by atoms with Crippen LogP contribution in [0.15, 0.2) is 41.3 Å². The van der Waals surface area contributed by atoms with Crippen molar-refractivity contribution >= 4 is 56.6 Å². The van der Waals surface area contributed by atoms with Crippen molar-refractivity contribution in [2.45, 2.75) is 0 Å². The molecule has 9 heteroatoms. The van der Waals surface area contributed by atoms with Gasteiger partial charge in [-0.1, -0.05) is 34.8 Å². The molecule has 0 radical (unpaired) electrons. The molecule has 0 bridgehead atoms. The summed E-state index contributed by atoms with van der Waals surface area (Å²) in [5, 5.41) is 9.58. The Morgan fingerprint density at radius 2 is 1.79 bits per heavy atom. The molecule has 0 aliphatic carbocycles. The second-order valence-electron chi connectivity index (χ2n) is 4.52. The first-order valence-electron chi connectivity index (χ1n) is 6.27. The second kappa shape index (κ2) is 7.41. The topological polar surface area (TPSA) is 70.0 Å². The Hall–Kier alpha value is -1.78. The van der Waals surface area contributed by atoms with Crippen molar-refractivity contribution in [3.05, 3.63) is 67.8 Å². The van der Waals surface area contributed by atoms with Crippen molar-refractivity contribution in [3.8, 4) is 6.07 Å². The molecule has 0 saturated heterocycles. The minimum absolute atomic E-state index is 0.0609.